The lowest BCUT2D eigenvalue weighted by Crippen LogP contribution is -2.23. The van der Waals surface area contributed by atoms with Crippen LogP contribution in [-0.2, 0) is 13.0 Å². The van der Waals surface area contributed by atoms with Crippen molar-refractivity contribution in [2.75, 3.05) is 0 Å². The van der Waals surface area contributed by atoms with Gasteiger partial charge in [-0.2, -0.15) is 0 Å². The molecule has 0 amide bonds. The number of fused-ring (bicyclic) bond motifs is 4. The molecular weight excluding hydrogens is 367 g/mol. The Morgan fingerprint density at radius 3 is 2.79 bits per heavy atom. The molecule has 0 fully saturated rings. The van der Waals surface area contributed by atoms with Gasteiger partial charge in [0.2, 0.25) is 0 Å². The number of pyridine rings is 2. The first kappa shape index (κ1) is 19.8. The fraction of sp³-hybridized carbons (Fsp3) is 0.417. The molecule has 1 aliphatic rings. The highest BCUT2D eigenvalue weighted by molar-refractivity contribution is 5.88. The van der Waals surface area contributed by atoms with Crippen molar-refractivity contribution in [2.45, 2.75) is 65.5 Å². The average molecular weight is 394 g/mol. The number of rotatable bonds is 6. The molecule has 0 spiro atoms. The van der Waals surface area contributed by atoms with Crippen molar-refractivity contribution in [2.24, 2.45) is 0 Å². The predicted molar refractivity (Wildman–Crippen MR) is 114 cm³/mol. The van der Waals surface area contributed by atoms with Gasteiger partial charge in [0.25, 0.3) is 5.56 Å². The maximum atomic E-state index is 14.6. The van der Waals surface area contributed by atoms with E-state index in [1.165, 1.54) is 6.07 Å². The van der Waals surface area contributed by atoms with Gasteiger partial charge in [-0.1, -0.05) is 38.8 Å². The maximum absolute atomic E-state index is 14.6. The van der Waals surface area contributed by atoms with Crippen LogP contribution in [0, 0.1) is 12.7 Å². The van der Waals surface area contributed by atoms with Gasteiger partial charge in [0.15, 0.2) is 0 Å². The van der Waals surface area contributed by atoms with Gasteiger partial charge in [-0.15, -0.1) is 0 Å². The highest BCUT2D eigenvalue weighted by Gasteiger charge is 2.28. The Morgan fingerprint density at radius 2 is 2.07 bits per heavy atom. The molecule has 4 rings (SSSR count). The maximum Gasteiger partial charge on any atom is 0.254 e. The summed E-state index contributed by atoms with van der Waals surface area (Å²) in [7, 11) is 0. The Hall–Kier alpha value is -2.53. The predicted octanol–water partition coefficient (Wildman–Crippen LogP) is 5.05. The summed E-state index contributed by atoms with van der Waals surface area (Å²) in [5.74, 6) is -0.344. The largest absolute Gasteiger partial charge is 0.388 e. The molecule has 29 heavy (non-hydrogen) atoms. The first-order chi connectivity index (χ1) is 14.0. The summed E-state index contributed by atoms with van der Waals surface area (Å²) in [6.45, 7) is 6.26. The van der Waals surface area contributed by atoms with Crippen LogP contribution in [0.15, 0.2) is 29.1 Å². The smallest absolute Gasteiger partial charge is 0.254 e. The molecule has 3 heterocycles. The van der Waals surface area contributed by atoms with Gasteiger partial charge in [-0.25, -0.2) is 9.37 Å². The number of unbranched alkanes of at least 4 members (excludes halogenated alkanes) is 2. The van der Waals surface area contributed by atoms with Crippen LogP contribution in [0.25, 0.3) is 22.3 Å². The minimum absolute atomic E-state index is 0.105. The number of aliphatic hydroxyl groups is 1. The number of aryl methyl sites for hydroxylation is 1. The first-order valence-electron chi connectivity index (χ1n) is 10.5. The lowest BCUT2D eigenvalue weighted by Gasteiger charge is -2.14. The van der Waals surface area contributed by atoms with Crippen LogP contribution in [0.1, 0.15) is 67.9 Å². The van der Waals surface area contributed by atoms with Crippen molar-refractivity contribution < 1.29 is 9.50 Å². The molecular formula is C24H27FN2O2. The van der Waals surface area contributed by atoms with Gasteiger partial charge in [0.05, 0.1) is 24.0 Å². The molecule has 0 radical (unpaired) electrons. The summed E-state index contributed by atoms with van der Waals surface area (Å²) >= 11 is 0. The fourth-order valence-corrected chi connectivity index (χ4v) is 4.42. The summed E-state index contributed by atoms with van der Waals surface area (Å²) in [5.41, 5.74) is 4.92. The van der Waals surface area contributed by atoms with E-state index >= 15 is 0 Å². The molecule has 0 saturated carbocycles. The number of halogens is 1. The van der Waals surface area contributed by atoms with Crippen molar-refractivity contribution >= 4 is 10.9 Å². The molecule has 1 atom stereocenters. The fourth-order valence-electron chi connectivity index (χ4n) is 4.42. The molecule has 4 nitrogen and oxygen atoms in total. The van der Waals surface area contributed by atoms with Gasteiger partial charge in [0, 0.05) is 16.5 Å². The third kappa shape index (κ3) is 3.18. The van der Waals surface area contributed by atoms with Gasteiger partial charge in [-0.3, -0.25) is 4.79 Å². The second kappa shape index (κ2) is 7.71. The molecule has 152 valence electrons. The number of aliphatic hydroxyl groups excluding tert-OH is 1. The zero-order valence-corrected chi connectivity index (χ0v) is 17.3. The molecule has 0 bridgehead atoms. The SMILES string of the molecule is CCCCCc1c2c(nc3c(F)cccc13)-c1cc(C(O)CC)c(C)c(=O)n1C2. The van der Waals surface area contributed by atoms with Crippen LogP contribution in [0.3, 0.4) is 0 Å². The summed E-state index contributed by atoms with van der Waals surface area (Å²) in [6.07, 6.45) is 3.90. The molecule has 1 unspecified atom stereocenters. The highest BCUT2D eigenvalue weighted by Crippen LogP contribution is 2.38. The van der Waals surface area contributed by atoms with Crippen molar-refractivity contribution in [3.8, 4) is 11.4 Å². The monoisotopic (exact) mass is 394 g/mol. The van der Waals surface area contributed by atoms with E-state index < -0.39 is 6.10 Å². The quantitative estimate of drug-likeness (QED) is 0.466. The van der Waals surface area contributed by atoms with Crippen molar-refractivity contribution in [3.63, 3.8) is 0 Å². The zero-order valence-electron chi connectivity index (χ0n) is 17.3. The molecule has 1 aromatic carbocycles. The Kier molecular flexibility index (Phi) is 5.26. The van der Waals surface area contributed by atoms with E-state index in [0.29, 0.717) is 41.0 Å². The second-order valence-corrected chi connectivity index (χ2v) is 7.94. The summed E-state index contributed by atoms with van der Waals surface area (Å²) in [4.78, 5) is 17.7. The summed E-state index contributed by atoms with van der Waals surface area (Å²) in [6, 6.07) is 6.95. The molecule has 1 aliphatic heterocycles. The van der Waals surface area contributed by atoms with E-state index in [-0.39, 0.29) is 11.4 Å². The number of nitrogens with zero attached hydrogens (tertiary/aromatic N) is 2. The zero-order chi connectivity index (χ0) is 20.7. The number of aromatic nitrogens is 2. The van der Waals surface area contributed by atoms with Crippen LogP contribution >= 0.6 is 0 Å². The van der Waals surface area contributed by atoms with Crippen LogP contribution in [0.2, 0.25) is 0 Å². The van der Waals surface area contributed by atoms with Crippen LogP contribution in [-0.4, -0.2) is 14.7 Å². The van der Waals surface area contributed by atoms with Gasteiger partial charge < -0.3 is 9.67 Å². The summed E-state index contributed by atoms with van der Waals surface area (Å²) in [5, 5.41) is 11.2. The standard InChI is InChI=1S/C24H27FN2O2/c1-4-6-7-9-15-16-10-8-11-19(25)22(16)26-23-18(15)13-27-20(23)12-17(21(28)5-2)14(3)24(27)29/h8,10-12,21,28H,4-7,9,13H2,1-3H3. The Morgan fingerprint density at radius 1 is 1.28 bits per heavy atom. The van der Waals surface area contributed by atoms with Crippen LogP contribution in [0.5, 0.6) is 0 Å². The van der Waals surface area contributed by atoms with E-state index in [0.717, 1.165) is 42.2 Å². The highest BCUT2D eigenvalue weighted by atomic mass is 19.1. The van der Waals surface area contributed by atoms with E-state index in [2.05, 4.69) is 11.9 Å². The van der Waals surface area contributed by atoms with Crippen LogP contribution in [0.4, 0.5) is 4.39 Å². The molecule has 0 saturated heterocycles. The van der Waals surface area contributed by atoms with E-state index in [1.807, 2.05) is 19.1 Å². The Balaban J connectivity index is 1.98. The lowest BCUT2D eigenvalue weighted by molar-refractivity contribution is 0.172. The Bertz CT molecular complexity index is 1150. The van der Waals surface area contributed by atoms with Crippen molar-refractivity contribution in [1.82, 2.24) is 9.55 Å². The van der Waals surface area contributed by atoms with Gasteiger partial charge in [-0.05, 0) is 49.4 Å². The van der Waals surface area contributed by atoms with Crippen molar-refractivity contribution in [3.05, 3.63) is 62.7 Å². The normalized spacial score (nSPS) is 13.6. The average Bonchev–Trinajstić information content (AvgIpc) is 3.09. The third-order valence-corrected chi connectivity index (χ3v) is 6.10. The number of hydrogen-bond acceptors (Lipinski definition) is 3. The number of hydrogen-bond donors (Lipinski definition) is 1. The summed E-state index contributed by atoms with van der Waals surface area (Å²) < 4.78 is 16.4. The Labute approximate surface area is 170 Å². The van der Waals surface area contributed by atoms with Gasteiger partial charge in [0.1, 0.15) is 11.3 Å². The third-order valence-electron chi connectivity index (χ3n) is 6.10. The van der Waals surface area contributed by atoms with Crippen LogP contribution < -0.4 is 5.56 Å². The minimum atomic E-state index is -0.695. The van der Waals surface area contributed by atoms with E-state index in [4.69, 9.17) is 0 Å². The topological polar surface area (TPSA) is 55.1 Å². The number of benzene rings is 1. The molecule has 5 heteroatoms. The van der Waals surface area contributed by atoms with E-state index in [9.17, 15) is 14.3 Å². The minimum Gasteiger partial charge on any atom is -0.388 e. The van der Waals surface area contributed by atoms with Crippen molar-refractivity contribution in [1.29, 1.82) is 0 Å². The molecule has 3 aromatic rings. The number of para-hydroxylation sites is 1. The second-order valence-electron chi connectivity index (χ2n) is 7.94. The molecule has 0 aliphatic carbocycles. The molecule has 2 aromatic heterocycles. The molecule has 1 N–H and O–H groups in total. The van der Waals surface area contributed by atoms with E-state index in [1.54, 1.807) is 17.6 Å². The van der Waals surface area contributed by atoms with Gasteiger partial charge >= 0.3 is 0 Å². The lowest BCUT2D eigenvalue weighted by atomic mass is 9.95. The first-order valence-corrected chi connectivity index (χ1v) is 10.5.